The molecule has 0 unspecified atom stereocenters. The number of sulfonamides is 1. The highest BCUT2D eigenvalue weighted by Crippen LogP contribution is 2.49. The lowest BCUT2D eigenvalue weighted by atomic mass is 9.73. The first-order valence-electron chi connectivity index (χ1n) is 15.8. The zero-order chi connectivity index (χ0) is 31.5. The molecule has 44 heavy (non-hydrogen) atoms. The molecule has 1 heterocycles. The van der Waals surface area contributed by atoms with Crippen molar-refractivity contribution >= 4 is 21.7 Å². The summed E-state index contributed by atoms with van der Waals surface area (Å²) in [7, 11) is -3.77. The summed E-state index contributed by atoms with van der Waals surface area (Å²) in [4.78, 5) is 26.1. The van der Waals surface area contributed by atoms with Crippen LogP contribution in [0.25, 0.3) is 11.1 Å². The fourth-order valence-electron chi connectivity index (χ4n) is 7.31. The number of amides is 1. The molecule has 0 radical (unpaired) electrons. The number of alkyl halides is 1. The fraction of sp³-hybridized carbons (Fsp3) is 0.588. The van der Waals surface area contributed by atoms with Crippen molar-refractivity contribution in [2.24, 2.45) is 5.92 Å². The Bertz CT molecular complexity index is 1580. The van der Waals surface area contributed by atoms with E-state index in [1.54, 1.807) is 38.1 Å². The van der Waals surface area contributed by atoms with Crippen LogP contribution in [0.4, 0.5) is 8.78 Å². The van der Waals surface area contributed by atoms with Gasteiger partial charge in [-0.25, -0.2) is 17.2 Å². The van der Waals surface area contributed by atoms with Gasteiger partial charge in [0.05, 0.1) is 17.8 Å². The lowest BCUT2D eigenvalue weighted by molar-refractivity contribution is -0.131. The first-order chi connectivity index (χ1) is 20.7. The number of rotatable bonds is 10. The quantitative estimate of drug-likeness (QED) is 0.342. The molecule has 2 aromatic rings. The third-order valence-electron chi connectivity index (χ3n) is 10.3. The number of ketones is 1. The van der Waals surface area contributed by atoms with Crippen LogP contribution in [0.2, 0.25) is 0 Å². The zero-order valence-corrected chi connectivity index (χ0v) is 26.5. The van der Waals surface area contributed by atoms with Gasteiger partial charge in [0, 0.05) is 30.5 Å². The van der Waals surface area contributed by atoms with Crippen LogP contribution in [-0.2, 0) is 25.0 Å². The molecular weight excluding hydrogens is 586 g/mol. The minimum Gasteiger partial charge on any atom is -0.490 e. The molecule has 1 spiro atoms. The van der Waals surface area contributed by atoms with Crippen LogP contribution in [0.5, 0.6) is 5.75 Å². The number of hydrogen-bond donors (Lipinski definition) is 2. The van der Waals surface area contributed by atoms with Crippen LogP contribution in [0.15, 0.2) is 36.4 Å². The van der Waals surface area contributed by atoms with E-state index in [0.29, 0.717) is 40.8 Å². The molecule has 3 atom stereocenters. The van der Waals surface area contributed by atoms with E-state index in [1.165, 1.54) is 6.07 Å². The predicted octanol–water partition coefficient (Wildman–Crippen LogP) is 5.85. The highest BCUT2D eigenvalue weighted by Gasteiger charge is 2.55. The standard InChI is InChI=1S/C34H42F2N2O5S/c1-32(2,31(40)38-44(3,41)42)23-11-13-28(26(18-23)25-6-4-7-27(35)30(25)22-9-10-22)43-24-12-8-21(16-24)17-29(39)34(36)19-33(37-20-34)14-5-15-33/h4,6-7,11,13,18,21-22,24,37H,5,8-10,12,14-17,19-20H2,1-3H3,(H,38,40)/t21-,24-,34+/m1/s1. The van der Waals surface area contributed by atoms with E-state index in [0.717, 1.165) is 44.8 Å². The highest BCUT2D eigenvalue weighted by molar-refractivity contribution is 7.89. The average Bonchev–Trinajstić information content (AvgIpc) is 3.55. The van der Waals surface area contributed by atoms with Crippen LogP contribution < -0.4 is 14.8 Å². The summed E-state index contributed by atoms with van der Waals surface area (Å²) in [6.45, 7) is 3.39. The van der Waals surface area contributed by atoms with E-state index in [9.17, 15) is 18.0 Å². The number of nitrogens with one attached hydrogen (secondary N) is 2. The van der Waals surface area contributed by atoms with Gasteiger partial charge < -0.3 is 10.1 Å². The van der Waals surface area contributed by atoms with Crippen LogP contribution in [0.3, 0.4) is 0 Å². The normalized spacial score (nSPS) is 26.4. The molecule has 4 aliphatic rings. The number of halogens is 2. The maximum absolute atomic E-state index is 15.6. The van der Waals surface area contributed by atoms with Gasteiger partial charge in [-0.05, 0) is 112 Å². The molecule has 1 saturated heterocycles. The molecule has 0 aromatic heterocycles. The van der Waals surface area contributed by atoms with E-state index >= 15 is 8.78 Å². The third kappa shape index (κ3) is 6.16. The lowest BCUT2D eigenvalue weighted by Crippen LogP contribution is -2.46. The van der Waals surface area contributed by atoms with E-state index in [2.05, 4.69) is 10.0 Å². The lowest BCUT2D eigenvalue weighted by Gasteiger charge is -2.38. The Balaban J connectivity index is 1.24. The van der Waals surface area contributed by atoms with Crippen LogP contribution >= 0.6 is 0 Å². The molecule has 10 heteroatoms. The topological polar surface area (TPSA) is 102 Å². The van der Waals surface area contributed by atoms with Crippen molar-refractivity contribution in [1.29, 1.82) is 0 Å². The number of carbonyl (C=O) groups is 2. The maximum atomic E-state index is 15.6. The van der Waals surface area contributed by atoms with Gasteiger partial charge >= 0.3 is 0 Å². The zero-order valence-electron chi connectivity index (χ0n) is 25.7. The van der Waals surface area contributed by atoms with Gasteiger partial charge in [-0.15, -0.1) is 0 Å². The molecule has 6 rings (SSSR count). The van der Waals surface area contributed by atoms with Crippen molar-refractivity contribution < 1.29 is 31.5 Å². The van der Waals surface area contributed by atoms with E-state index < -0.39 is 27.0 Å². The monoisotopic (exact) mass is 628 g/mol. The summed E-state index contributed by atoms with van der Waals surface area (Å²) in [6.07, 6.45) is 7.99. The smallest absolute Gasteiger partial charge is 0.243 e. The highest BCUT2D eigenvalue weighted by atomic mass is 32.2. The Labute approximate surface area is 258 Å². The Morgan fingerprint density at radius 2 is 1.84 bits per heavy atom. The van der Waals surface area contributed by atoms with Crippen LogP contribution in [-0.4, -0.2) is 50.2 Å². The Hall–Kier alpha value is -2.85. The number of carbonyl (C=O) groups excluding carboxylic acids is 2. The molecular formula is C34H42F2N2O5S. The van der Waals surface area contributed by atoms with Gasteiger partial charge in [0.2, 0.25) is 15.9 Å². The van der Waals surface area contributed by atoms with E-state index in [4.69, 9.17) is 4.74 Å². The molecule has 1 amide bonds. The van der Waals surface area contributed by atoms with Gasteiger partial charge in [0.15, 0.2) is 11.5 Å². The van der Waals surface area contributed by atoms with Crippen molar-refractivity contribution in [3.63, 3.8) is 0 Å². The summed E-state index contributed by atoms with van der Waals surface area (Å²) in [5, 5.41) is 3.28. The number of ether oxygens (including phenoxy) is 1. The summed E-state index contributed by atoms with van der Waals surface area (Å²) in [6, 6.07) is 10.3. The van der Waals surface area contributed by atoms with Gasteiger partial charge in [-0.2, -0.15) is 0 Å². The maximum Gasteiger partial charge on any atom is 0.243 e. The minimum atomic E-state index is -3.77. The second kappa shape index (κ2) is 11.2. The Kier molecular flexibility index (Phi) is 7.92. The molecule has 3 aliphatic carbocycles. The Morgan fingerprint density at radius 1 is 1.09 bits per heavy atom. The molecule has 2 N–H and O–H groups in total. The number of benzene rings is 2. The first kappa shape index (κ1) is 31.1. The minimum absolute atomic E-state index is 0.0237. The summed E-state index contributed by atoms with van der Waals surface area (Å²) in [5.74, 6) is -0.616. The molecule has 238 valence electrons. The third-order valence-corrected chi connectivity index (χ3v) is 10.9. The van der Waals surface area contributed by atoms with Crippen molar-refractivity contribution in [3.05, 3.63) is 53.3 Å². The van der Waals surface area contributed by atoms with Gasteiger partial charge in [-0.1, -0.05) is 18.2 Å². The molecule has 0 bridgehead atoms. The summed E-state index contributed by atoms with van der Waals surface area (Å²) in [5.41, 5.74) is -0.701. The average molecular weight is 629 g/mol. The number of hydrogen-bond acceptors (Lipinski definition) is 6. The van der Waals surface area contributed by atoms with Crippen molar-refractivity contribution in [3.8, 4) is 16.9 Å². The first-order valence-corrected chi connectivity index (χ1v) is 17.7. The second-order valence-corrected chi connectivity index (χ2v) is 15.9. The largest absolute Gasteiger partial charge is 0.490 e. The van der Waals surface area contributed by atoms with Gasteiger partial charge in [0.25, 0.3) is 0 Å². The molecule has 1 aliphatic heterocycles. The van der Waals surface area contributed by atoms with Crippen molar-refractivity contribution in [1.82, 2.24) is 10.0 Å². The second-order valence-electron chi connectivity index (χ2n) is 14.2. The van der Waals surface area contributed by atoms with Crippen LogP contribution in [0, 0.1) is 11.7 Å². The van der Waals surface area contributed by atoms with Gasteiger partial charge in [0.1, 0.15) is 11.6 Å². The molecule has 3 saturated carbocycles. The SMILES string of the molecule is CC(C)(C(=O)NS(C)(=O)=O)c1ccc(O[C@@H]2CC[C@@H](CC(=O)[C@@]3(F)CNC4(CCC4)C3)C2)c(-c2cccc(F)c2C2CC2)c1. The fourth-order valence-corrected chi connectivity index (χ4v) is 7.90. The molecule has 2 aromatic carbocycles. The molecule has 4 fully saturated rings. The summed E-state index contributed by atoms with van der Waals surface area (Å²) < 4.78 is 63.1. The van der Waals surface area contributed by atoms with E-state index in [-0.39, 0.29) is 54.5 Å². The van der Waals surface area contributed by atoms with Crippen LogP contribution in [0.1, 0.15) is 95.1 Å². The summed E-state index contributed by atoms with van der Waals surface area (Å²) >= 11 is 0. The molecule has 7 nitrogen and oxygen atoms in total. The Morgan fingerprint density at radius 3 is 2.48 bits per heavy atom. The van der Waals surface area contributed by atoms with E-state index in [1.807, 2.05) is 6.07 Å². The van der Waals surface area contributed by atoms with Crippen molar-refractivity contribution in [2.45, 2.75) is 107 Å². The van der Waals surface area contributed by atoms with Crippen molar-refractivity contribution in [2.75, 3.05) is 12.8 Å². The van der Waals surface area contributed by atoms with Gasteiger partial charge in [-0.3, -0.25) is 14.3 Å². The number of Topliss-reactive ketones (excluding diaryl/α,β-unsaturated/α-hetero) is 1. The predicted molar refractivity (Wildman–Crippen MR) is 164 cm³/mol.